The molecule has 0 aliphatic carbocycles. The lowest BCUT2D eigenvalue weighted by Crippen LogP contribution is -2.32. The molecule has 0 aliphatic rings. The van der Waals surface area contributed by atoms with Gasteiger partial charge in [-0.1, -0.05) is 6.92 Å². The van der Waals surface area contributed by atoms with E-state index in [-0.39, 0.29) is 11.9 Å². The summed E-state index contributed by atoms with van der Waals surface area (Å²) < 4.78 is 1.49. The maximum absolute atomic E-state index is 11.7. The molecule has 1 unspecified atom stereocenters. The van der Waals surface area contributed by atoms with Crippen LogP contribution in [0.3, 0.4) is 0 Å². The highest BCUT2D eigenvalue weighted by Crippen LogP contribution is 2.18. The second-order valence-electron chi connectivity index (χ2n) is 4.27. The van der Waals surface area contributed by atoms with Gasteiger partial charge in [-0.25, -0.2) is 14.5 Å². The van der Waals surface area contributed by atoms with E-state index in [1.165, 1.54) is 11.0 Å². The summed E-state index contributed by atoms with van der Waals surface area (Å²) in [6.07, 6.45) is 1.39. The van der Waals surface area contributed by atoms with E-state index in [1.807, 2.05) is 19.2 Å². The van der Waals surface area contributed by atoms with Gasteiger partial charge in [0.1, 0.15) is 6.33 Å². The number of urea groups is 1. The van der Waals surface area contributed by atoms with Gasteiger partial charge in [0.05, 0.1) is 5.01 Å². The van der Waals surface area contributed by atoms with Crippen molar-refractivity contribution in [3.8, 4) is 0 Å². The summed E-state index contributed by atoms with van der Waals surface area (Å²) >= 11 is 1.61. The third kappa shape index (κ3) is 3.50. The quantitative estimate of drug-likeness (QED) is 0.889. The number of thiazole rings is 1. The molecule has 2 heterocycles. The number of hydrogen-bond acceptors (Lipinski definition) is 5. The Morgan fingerprint density at radius 1 is 1.58 bits per heavy atom. The van der Waals surface area contributed by atoms with Gasteiger partial charge in [0, 0.05) is 30.6 Å². The molecule has 7 nitrogen and oxygen atoms in total. The minimum atomic E-state index is -0.295. The van der Waals surface area contributed by atoms with Crippen molar-refractivity contribution >= 4 is 23.3 Å². The summed E-state index contributed by atoms with van der Waals surface area (Å²) in [7, 11) is 1.71. The Labute approximate surface area is 115 Å². The number of carbonyl (C=O) groups is 1. The van der Waals surface area contributed by atoms with Crippen LogP contribution in [-0.4, -0.2) is 32.3 Å². The molecule has 0 spiro atoms. The van der Waals surface area contributed by atoms with Crippen molar-refractivity contribution < 1.29 is 4.79 Å². The second kappa shape index (κ2) is 5.79. The molecule has 0 saturated carbocycles. The first-order chi connectivity index (χ1) is 9.06. The van der Waals surface area contributed by atoms with E-state index in [4.69, 9.17) is 0 Å². The molecule has 8 heteroatoms. The monoisotopic (exact) mass is 280 g/mol. The molecule has 19 heavy (non-hydrogen) atoms. The van der Waals surface area contributed by atoms with Gasteiger partial charge in [-0.2, -0.15) is 10.1 Å². The largest absolute Gasteiger partial charge is 0.337 e. The Bertz CT molecular complexity index is 563. The molecule has 0 bridgehead atoms. The molecular formula is C11H16N6OS. The second-order valence-corrected chi connectivity index (χ2v) is 5.16. The summed E-state index contributed by atoms with van der Waals surface area (Å²) in [4.78, 5) is 20.0. The maximum atomic E-state index is 11.7. The molecule has 0 radical (unpaired) electrons. The Hall–Kier alpha value is -1.96. The molecular weight excluding hydrogens is 264 g/mol. The van der Waals surface area contributed by atoms with Crippen LogP contribution in [-0.2, 0) is 7.05 Å². The minimum absolute atomic E-state index is 0.184. The van der Waals surface area contributed by atoms with E-state index in [9.17, 15) is 4.79 Å². The highest BCUT2D eigenvalue weighted by Gasteiger charge is 2.12. The highest BCUT2D eigenvalue weighted by molar-refractivity contribution is 7.09. The van der Waals surface area contributed by atoms with E-state index >= 15 is 0 Å². The Morgan fingerprint density at radius 3 is 2.95 bits per heavy atom. The molecule has 0 aromatic carbocycles. The van der Waals surface area contributed by atoms with E-state index < -0.39 is 0 Å². The first kappa shape index (κ1) is 13.5. The molecule has 2 aromatic heterocycles. The molecule has 102 valence electrons. The van der Waals surface area contributed by atoms with Crippen LogP contribution in [0, 0.1) is 6.92 Å². The van der Waals surface area contributed by atoms with Gasteiger partial charge in [0.25, 0.3) is 0 Å². The lowest BCUT2D eigenvalue weighted by Gasteiger charge is -2.10. The first-order valence-electron chi connectivity index (χ1n) is 5.87. The molecule has 0 fully saturated rings. The lowest BCUT2D eigenvalue weighted by molar-refractivity contribution is 0.251. The van der Waals surface area contributed by atoms with Crippen molar-refractivity contribution in [2.24, 2.45) is 7.05 Å². The smallest absolute Gasteiger partial charge is 0.321 e. The van der Waals surface area contributed by atoms with Crippen LogP contribution < -0.4 is 10.6 Å². The number of carbonyl (C=O) groups excluding carboxylic acids is 1. The average molecular weight is 280 g/mol. The fraction of sp³-hybridized carbons (Fsp3) is 0.455. The zero-order chi connectivity index (χ0) is 13.8. The SMILES string of the molecule is Cc1csc(C(C)CNC(=O)Nc2ncnn2C)n1. The number of anilines is 1. The lowest BCUT2D eigenvalue weighted by atomic mass is 10.2. The molecule has 2 rings (SSSR count). The van der Waals surface area contributed by atoms with Crippen molar-refractivity contribution in [3.63, 3.8) is 0 Å². The van der Waals surface area contributed by atoms with Gasteiger partial charge < -0.3 is 5.32 Å². The van der Waals surface area contributed by atoms with Crippen molar-refractivity contribution in [1.82, 2.24) is 25.1 Å². The number of hydrogen-bond donors (Lipinski definition) is 2. The van der Waals surface area contributed by atoms with Gasteiger partial charge in [-0.15, -0.1) is 11.3 Å². The number of aromatic nitrogens is 4. The van der Waals surface area contributed by atoms with Gasteiger partial charge in [-0.3, -0.25) is 5.32 Å². The van der Waals surface area contributed by atoms with E-state index in [0.29, 0.717) is 12.5 Å². The van der Waals surface area contributed by atoms with Crippen molar-refractivity contribution in [3.05, 3.63) is 22.4 Å². The number of aryl methyl sites for hydroxylation is 2. The molecule has 0 saturated heterocycles. The molecule has 1 atom stereocenters. The van der Waals surface area contributed by atoms with Gasteiger partial charge in [-0.05, 0) is 6.92 Å². The van der Waals surface area contributed by atoms with Crippen molar-refractivity contribution in [1.29, 1.82) is 0 Å². The number of nitrogens with zero attached hydrogens (tertiary/aromatic N) is 4. The fourth-order valence-electron chi connectivity index (χ4n) is 1.49. The first-order valence-corrected chi connectivity index (χ1v) is 6.75. The van der Waals surface area contributed by atoms with Crippen molar-refractivity contribution in [2.45, 2.75) is 19.8 Å². The van der Waals surface area contributed by atoms with Crippen LogP contribution in [0.15, 0.2) is 11.7 Å². The summed E-state index contributed by atoms with van der Waals surface area (Å²) in [6.45, 7) is 4.51. The standard InChI is InChI=1S/C11H16N6OS/c1-7(9-15-8(2)5-19-9)4-12-11(18)16-10-13-6-14-17(10)3/h5-7H,4H2,1-3H3,(H2,12,13,14,16,18). The summed E-state index contributed by atoms with van der Waals surface area (Å²) in [6, 6.07) is -0.295. The Morgan fingerprint density at radius 2 is 2.37 bits per heavy atom. The topological polar surface area (TPSA) is 84.7 Å². The van der Waals surface area contributed by atoms with Gasteiger partial charge in [0.15, 0.2) is 0 Å². The van der Waals surface area contributed by atoms with Crippen molar-refractivity contribution in [2.75, 3.05) is 11.9 Å². The molecule has 2 N–H and O–H groups in total. The molecule has 0 aliphatic heterocycles. The Kier molecular flexibility index (Phi) is 4.10. The van der Waals surface area contributed by atoms with Crippen LogP contribution in [0.2, 0.25) is 0 Å². The summed E-state index contributed by atoms with van der Waals surface area (Å²) in [5.74, 6) is 0.596. The summed E-state index contributed by atoms with van der Waals surface area (Å²) in [5.41, 5.74) is 1.01. The van der Waals surface area contributed by atoms with E-state index in [1.54, 1.807) is 18.4 Å². The van der Waals surface area contributed by atoms with Gasteiger partial charge >= 0.3 is 6.03 Å². The summed E-state index contributed by atoms with van der Waals surface area (Å²) in [5, 5.41) is 12.3. The van der Waals surface area contributed by atoms with Crippen LogP contribution in [0.25, 0.3) is 0 Å². The number of nitrogens with one attached hydrogen (secondary N) is 2. The predicted molar refractivity (Wildman–Crippen MR) is 73.3 cm³/mol. The van der Waals surface area contributed by atoms with Crippen LogP contribution in [0.1, 0.15) is 23.5 Å². The molecule has 2 amide bonds. The number of rotatable bonds is 4. The Balaban J connectivity index is 1.82. The third-order valence-electron chi connectivity index (χ3n) is 2.56. The third-order valence-corrected chi connectivity index (χ3v) is 3.76. The number of amides is 2. The zero-order valence-corrected chi connectivity index (χ0v) is 11.9. The van der Waals surface area contributed by atoms with Crippen LogP contribution >= 0.6 is 11.3 Å². The fourth-order valence-corrected chi connectivity index (χ4v) is 2.34. The van der Waals surface area contributed by atoms with Crippen LogP contribution in [0.5, 0.6) is 0 Å². The van der Waals surface area contributed by atoms with Gasteiger partial charge in [0.2, 0.25) is 5.95 Å². The highest BCUT2D eigenvalue weighted by atomic mass is 32.1. The average Bonchev–Trinajstić information content (AvgIpc) is 2.96. The normalized spacial score (nSPS) is 12.2. The van der Waals surface area contributed by atoms with E-state index in [2.05, 4.69) is 25.7 Å². The zero-order valence-electron chi connectivity index (χ0n) is 11.0. The molecule has 2 aromatic rings. The van der Waals surface area contributed by atoms with Crippen LogP contribution in [0.4, 0.5) is 10.7 Å². The minimum Gasteiger partial charge on any atom is -0.337 e. The predicted octanol–water partition coefficient (Wildman–Crippen LogP) is 1.51. The maximum Gasteiger partial charge on any atom is 0.321 e. The van der Waals surface area contributed by atoms with E-state index in [0.717, 1.165) is 10.7 Å².